The molecule has 0 amide bonds. The van der Waals surface area contributed by atoms with E-state index in [2.05, 4.69) is 6.92 Å². The number of fused-ring (bicyclic) bond motifs is 1. The summed E-state index contributed by atoms with van der Waals surface area (Å²) >= 11 is 0. The smallest absolute Gasteiger partial charge is 0.303 e. The van der Waals surface area contributed by atoms with E-state index in [1.165, 1.54) is 19.3 Å². The summed E-state index contributed by atoms with van der Waals surface area (Å²) < 4.78 is 5.83. The SMILES string of the molecule is CCCCCCc1cc2c(cc1OCCCC(=O)O)CCC2=O. The van der Waals surface area contributed by atoms with Gasteiger partial charge in [0.05, 0.1) is 6.61 Å². The van der Waals surface area contributed by atoms with Crippen LogP contribution in [-0.2, 0) is 17.6 Å². The maximum absolute atomic E-state index is 11.9. The molecular formula is C19H26O4. The standard InChI is InChI=1S/C19H26O4/c1-2-3-4-5-7-15-12-16-14(9-10-17(16)20)13-18(15)23-11-6-8-19(21)22/h12-13H,2-11H2,1H3,(H,21,22). The molecule has 0 spiro atoms. The van der Waals surface area contributed by atoms with Gasteiger partial charge in [-0.3, -0.25) is 9.59 Å². The van der Waals surface area contributed by atoms with Crippen molar-refractivity contribution in [3.05, 3.63) is 28.8 Å². The average molecular weight is 318 g/mol. The number of hydrogen-bond acceptors (Lipinski definition) is 3. The molecule has 1 aromatic rings. The number of ketones is 1. The normalized spacial score (nSPS) is 13.2. The first-order valence-corrected chi connectivity index (χ1v) is 8.65. The molecule has 4 nitrogen and oxygen atoms in total. The van der Waals surface area contributed by atoms with Gasteiger partial charge in [-0.2, -0.15) is 0 Å². The summed E-state index contributed by atoms with van der Waals surface area (Å²) in [6, 6.07) is 4.00. The van der Waals surface area contributed by atoms with Gasteiger partial charge in [0.1, 0.15) is 5.75 Å². The number of carbonyl (C=O) groups is 2. The highest BCUT2D eigenvalue weighted by Crippen LogP contribution is 2.31. The zero-order valence-electron chi connectivity index (χ0n) is 13.9. The van der Waals surface area contributed by atoms with E-state index in [9.17, 15) is 9.59 Å². The second-order valence-corrected chi connectivity index (χ2v) is 6.20. The molecule has 0 aromatic heterocycles. The third-order valence-electron chi connectivity index (χ3n) is 4.30. The van der Waals surface area contributed by atoms with Gasteiger partial charge in [0, 0.05) is 18.4 Å². The van der Waals surface area contributed by atoms with Crippen LogP contribution in [0.25, 0.3) is 0 Å². The molecule has 1 N–H and O–H groups in total. The molecule has 2 rings (SSSR count). The van der Waals surface area contributed by atoms with Crippen molar-refractivity contribution in [1.82, 2.24) is 0 Å². The number of rotatable bonds is 10. The largest absolute Gasteiger partial charge is 0.493 e. The highest BCUT2D eigenvalue weighted by molar-refractivity contribution is 6.00. The van der Waals surface area contributed by atoms with Crippen molar-refractivity contribution >= 4 is 11.8 Å². The number of benzene rings is 1. The molecule has 0 atom stereocenters. The molecule has 0 aliphatic heterocycles. The maximum Gasteiger partial charge on any atom is 0.303 e. The lowest BCUT2D eigenvalue weighted by Crippen LogP contribution is -2.05. The van der Waals surface area contributed by atoms with Gasteiger partial charge in [-0.15, -0.1) is 0 Å². The number of ether oxygens (including phenoxy) is 1. The van der Waals surface area contributed by atoms with Crippen molar-refractivity contribution in [1.29, 1.82) is 0 Å². The molecule has 1 aliphatic rings. The maximum atomic E-state index is 11.9. The van der Waals surface area contributed by atoms with E-state index in [1.807, 2.05) is 12.1 Å². The minimum Gasteiger partial charge on any atom is -0.493 e. The summed E-state index contributed by atoms with van der Waals surface area (Å²) in [5, 5.41) is 8.69. The fourth-order valence-electron chi connectivity index (χ4n) is 2.99. The van der Waals surface area contributed by atoms with Crippen molar-refractivity contribution in [3.8, 4) is 5.75 Å². The lowest BCUT2D eigenvalue weighted by molar-refractivity contribution is -0.137. The Morgan fingerprint density at radius 3 is 2.74 bits per heavy atom. The lowest BCUT2D eigenvalue weighted by Gasteiger charge is -2.13. The number of carbonyl (C=O) groups excluding carboxylic acids is 1. The van der Waals surface area contributed by atoms with Crippen LogP contribution in [0.2, 0.25) is 0 Å². The predicted molar refractivity (Wildman–Crippen MR) is 89.3 cm³/mol. The number of unbranched alkanes of at least 4 members (excludes halogenated alkanes) is 3. The molecule has 126 valence electrons. The van der Waals surface area contributed by atoms with E-state index >= 15 is 0 Å². The Morgan fingerprint density at radius 1 is 1.17 bits per heavy atom. The van der Waals surface area contributed by atoms with Gasteiger partial charge in [0.2, 0.25) is 0 Å². The first-order valence-electron chi connectivity index (χ1n) is 8.65. The molecule has 4 heteroatoms. The second kappa shape index (κ2) is 8.70. The average Bonchev–Trinajstić information content (AvgIpc) is 2.88. The van der Waals surface area contributed by atoms with Crippen LogP contribution < -0.4 is 4.74 Å². The van der Waals surface area contributed by atoms with Gasteiger partial charge in [0.25, 0.3) is 0 Å². The zero-order chi connectivity index (χ0) is 16.7. The molecule has 1 aliphatic carbocycles. The Balaban J connectivity index is 2.04. The molecule has 0 saturated carbocycles. The second-order valence-electron chi connectivity index (χ2n) is 6.20. The van der Waals surface area contributed by atoms with Crippen LogP contribution >= 0.6 is 0 Å². The van der Waals surface area contributed by atoms with Crippen LogP contribution in [0.3, 0.4) is 0 Å². The zero-order valence-corrected chi connectivity index (χ0v) is 13.9. The third-order valence-corrected chi connectivity index (χ3v) is 4.30. The van der Waals surface area contributed by atoms with Crippen molar-refractivity contribution in [2.45, 2.75) is 64.7 Å². The molecular weight excluding hydrogens is 292 g/mol. The first-order chi connectivity index (χ1) is 11.1. The van der Waals surface area contributed by atoms with Crippen LogP contribution in [0.1, 0.15) is 73.4 Å². The van der Waals surface area contributed by atoms with E-state index in [0.717, 1.165) is 41.7 Å². The number of hydrogen-bond donors (Lipinski definition) is 1. The fourth-order valence-corrected chi connectivity index (χ4v) is 2.99. The van der Waals surface area contributed by atoms with Gasteiger partial charge in [-0.1, -0.05) is 26.2 Å². The third kappa shape index (κ3) is 5.08. The summed E-state index contributed by atoms with van der Waals surface area (Å²) in [6.45, 7) is 2.59. The van der Waals surface area contributed by atoms with Crippen molar-refractivity contribution in [3.63, 3.8) is 0 Å². The fraction of sp³-hybridized carbons (Fsp3) is 0.579. The topological polar surface area (TPSA) is 63.6 Å². The van der Waals surface area contributed by atoms with Crippen molar-refractivity contribution < 1.29 is 19.4 Å². The number of carboxylic acids is 1. The Hall–Kier alpha value is -1.84. The summed E-state index contributed by atoms with van der Waals surface area (Å²) in [4.78, 5) is 22.5. The molecule has 0 unspecified atom stereocenters. The molecule has 0 heterocycles. The summed E-state index contributed by atoms with van der Waals surface area (Å²) in [6.07, 6.45) is 7.60. The van der Waals surface area contributed by atoms with E-state index < -0.39 is 5.97 Å². The lowest BCUT2D eigenvalue weighted by atomic mass is 10.00. The Morgan fingerprint density at radius 2 is 2.00 bits per heavy atom. The monoisotopic (exact) mass is 318 g/mol. The quantitative estimate of drug-likeness (QED) is 0.657. The van der Waals surface area contributed by atoms with E-state index in [0.29, 0.717) is 19.4 Å². The van der Waals surface area contributed by atoms with Crippen LogP contribution in [0.4, 0.5) is 0 Å². The van der Waals surface area contributed by atoms with Gasteiger partial charge in [0.15, 0.2) is 5.78 Å². The Labute approximate surface area is 137 Å². The van der Waals surface area contributed by atoms with Gasteiger partial charge >= 0.3 is 5.97 Å². The van der Waals surface area contributed by atoms with Crippen LogP contribution in [0.5, 0.6) is 5.75 Å². The minimum absolute atomic E-state index is 0.120. The van der Waals surface area contributed by atoms with Gasteiger partial charge in [-0.05, 0) is 48.9 Å². The van der Waals surface area contributed by atoms with E-state index in [4.69, 9.17) is 9.84 Å². The Kier molecular flexibility index (Phi) is 6.63. The summed E-state index contributed by atoms with van der Waals surface area (Å²) in [5.74, 6) is 0.264. The molecule has 0 saturated heterocycles. The Bertz CT molecular complexity index is 563. The molecule has 0 radical (unpaired) electrons. The highest BCUT2D eigenvalue weighted by atomic mass is 16.5. The van der Waals surface area contributed by atoms with Gasteiger partial charge in [-0.25, -0.2) is 0 Å². The number of Topliss-reactive ketones (excluding diaryl/α,β-unsaturated/α-hetero) is 1. The first kappa shape index (κ1) is 17.5. The number of carboxylic acid groups (broad SMARTS) is 1. The highest BCUT2D eigenvalue weighted by Gasteiger charge is 2.22. The minimum atomic E-state index is -0.798. The van der Waals surface area contributed by atoms with Crippen LogP contribution in [0, 0.1) is 0 Å². The molecule has 0 bridgehead atoms. The molecule has 23 heavy (non-hydrogen) atoms. The summed E-state index contributed by atoms with van der Waals surface area (Å²) in [7, 11) is 0. The van der Waals surface area contributed by atoms with Gasteiger partial charge < -0.3 is 9.84 Å². The van der Waals surface area contributed by atoms with Crippen LogP contribution in [0.15, 0.2) is 12.1 Å². The van der Waals surface area contributed by atoms with Crippen molar-refractivity contribution in [2.24, 2.45) is 0 Å². The summed E-state index contributed by atoms with van der Waals surface area (Å²) in [5.41, 5.74) is 3.01. The molecule has 0 fully saturated rings. The van der Waals surface area contributed by atoms with Crippen molar-refractivity contribution in [2.75, 3.05) is 6.61 Å². The number of aliphatic carboxylic acids is 1. The van der Waals surface area contributed by atoms with E-state index in [-0.39, 0.29) is 12.2 Å². The predicted octanol–water partition coefficient (Wildman–Crippen LogP) is 4.18. The number of aryl methyl sites for hydroxylation is 2. The van der Waals surface area contributed by atoms with Crippen LogP contribution in [-0.4, -0.2) is 23.5 Å². The molecule has 1 aromatic carbocycles. The van der Waals surface area contributed by atoms with E-state index in [1.54, 1.807) is 0 Å².